The zero-order valence-corrected chi connectivity index (χ0v) is 12.3. The molecule has 7 heteroatoms. The number of nitrogens with zero attached hydrogens (tertiary/aromatic N) is 1. The van der Waals surface area contributed by atoms with E-state index in [4.69, 9.17) is 9.31 Å². The Morgan fingerprint density at radius 2 is 1.85 bits per heavy atom. The van der Waals surface area contributed by atoms with E-state index in [0.717, 1.165) is 6.20 Å². The maximum atomic E-state index is 13.4. The van der Waals surface area contributed by atoms with Crippen molar-refractivity contribution in [1.29, 1.82) is 0 Å². The fourth-order valence-electron chi connectivity index (χ4n) is 1.91. The van der Waals surface area contributed by atoms with E-state index in [-0.39, 0.29) is 5.69 Å². The highest BCUT2D eigenvalue weighted by molar-refractivity contribution is 6.63. The molecule has 0 radical (unpaired) electrons. The van der Waals surface area contributed by atoms with E-state index in [9.17, 15) is 9.18 Å². The highest BCUT2D eigenvalue weighted by Gasteiger charge is 2.52. The molecule has 1 aromatic rings. The maximum Gasteiger partial charge on any atom is 0.497 e. The summed E-state index contributed by atoms with van der Waals surface area (Å²) in [6, 6.07) is 1.22. The van der Waals surface area contributed by atoms with E-state index in [0.29, 0.717) is 5.46 Å². The van der Waals surface area contributed by atoms with Crippen LogP contribution in [0.5, 0.6) is 0 Å². The molecule has 2 rings (SSSR count). The Hall–Kier alpha value is -1.47. The molecule has 0 atom stereocenters. The van der Waals surface area contributed by atoms with Gasteiger partial charge in [0, 0.05) is 12.5 Å². The van der Waals surface area contributed by atoms with Crippen molar-refractivity contribution < 1.29 is 18.5 Å². The van der Waals surface area contributed by atoms with E-state index in [1.54, 1.807) is 0 Å². The van der Waals surface area contributed by atoms with Crippen LogP contribution in [-0.2, 0) is 9.31 Å². The van der Waals surface area contributed by atoms with E-state index >= 15 is 0 Å². The van der Waals surface area contributed by atoms with Crippen LogP contribution in [0, 0.1) is 5.82 Å². The third-order valence-corrected chi connectivity index (χ3v) is 3.83. The van der Waals surface area contributed by atoms with Crippen molar-refractivity contribution in [1.82, 2.24) is 10.3 Å². The van der Waals surface area contributed by atoms with Crippen molar-refractivity contribution in [3.05, 3.63) is 23.8 Å². The number of carbonyl (C=O) groups excluding carboxylic acids is 1. The van der Waals surface area contributed by atoms with Gasteiger partial charge in [-0.3, -0.25) is 4.79 Å². The molecule has 108 valence electrons. The van der Waals surface area contributed by atoms with Crippen molar-refractivity contribution >= 4 is 18.5 Å². The van der Waals surface area contributed by atoms with Crippen LogP contribution in [0.15, 0.2) is 12.3 Å². The first kappa shape index (κ1) is 14.9. The topological polar surface area (TPSA) is 60.5 Å². The Balaban J connectivity index is 2.44. The zero-order chi connectivity index (χ0) is 15.1. The summed E-state index contributed by atoms with van der Waals surface area (Å²) >= 11 is 0. The number of halogens is 1. The number of nitrogens with one attached hydrogen (secondary N) is 1. The largest absolute Gasteiger partial charge is 0.497 e. The average molecular weight is 280 g/mol. The van der Waals surface area contributed by atoms with Gasteiger partial charge in [-0.05, 0) is 33.8 Å². The second-order valence-electron chi connectivity index (χ2n) is 5.76. The first-order valence-electron chi connectivity index (χ1n) is 6.41. The molecule has 1 N–H and O–H groups in total. The number of pyridine rings is 1. The van der Waals surface area contributed by atoms with Crippen LogP contribution in [0.1, 0.15) is 38.2 Å². The Morgan fingerprint density at radius 3 is 2.35 bits per heavy atom. The van der Waals surface area contributed by atoms with Crippen LogP contribution in [0.4, 0.5) is 4.39 Å². The smallest absolute Gasteiger partial charge is 0.399 e. The first-order chi connectivity index (χ1) is 9.18. The van der Waals surface area contributed by atoms with Crippen molar-refractivity contribution in [3.63, 3.8) is 0 Å². The van der Waals surface area contributed by atoms with Crippen LogP contribution in [0.3, 0.4) is 0 Å². The molecule has 0 aliphatic carbocycles. The predicted molar refractivity (Wildman–Crippen MR) is 73.3 cm³/mol. The fraction of sp³-hybridized carbons (Fsp3) is 0.538. The molecule has 0 aromatic carbocycles. The molecule has 0 unspecified atom stereocenters. The Morgan fingerprint density at radius 1 is 1.30 bits per heavy atom. The number of amides is 1. The second kappa shape index (κ2) is 4.82. The maximum absolute atomic E-state index is 13.4. The van der Waals surface area contributed by atoms with E-state index in [2.05, 4.69) is 10.3 Å². The minimum Gasteiger partial charge on any atom is -0.399 e. The summed E-state index contributed by atoms with van der Waals surface area (Å²) < 4.78 is 25.1. The van der Waals surface area contributed by atoms with Gasteiger partial charge in [-0.15, -0.1) is 0 Å². The summed E-state index contributed by atoms with van der Waals surface area (Å²) in [5.74, 6) is -0.947. The van der Waals surface area contributed by atoms with Gasteiger partial charge >= 0.3 is 7.12 Å². The molecule has 1 aliphatic rings. The minimum atomic E-state index is -0.824. The summed E-state index contributed by atoms with van der Waals surface area (Å²) in [7, 11) is 0.664. The summed E-state index contributed by atoms with van der Waals surface area (Å²) in [5, 5.41) is 2.47. The van der Waals surface area contributed by atoms with Crippen LogP contribution in [0.25, 0.3) is 0 Å². The van der Waals surface area contributed by atoms with Crippen LogP contribution in [0.2, 0.25) is 0 Å². The van der Waals surface area contributed by atoms with Crippen LogP contribution in [-0.4, -0.2) is 36.3 Å². The highest BCUT2D eigenvalue weighted by Crippen LogP contribution is 2.36. The molecule has 20 heavy (non-hydrogen) atoms. The first-order valence-corrected chi connectivity index (χ1v) is 6.41. The monoisotopic (exact) mass is 280 g/mol. The summed E-state index contributed by atoms with van der Waals surface area (Å²) in [6.07, 6.45) is 0.999. The Kier molecular flexibility index (Phi) is 3.60. The van der Waals surface area contributed by atoms with E-state index < -0.39 is 30.0 Å². The zero-order valence-electron chi connectivity index (χ0n) is 12.3. The quantitative estimate of drug-likeness (QED) is 0.817. The average Bonchev–Trinajstić information content (AvgIpc) is 2.57. The lowest BCUT2D eigenvalue weighted by Crippen LogP contribution is -2.41. The standard InChI is InChI=1S/C13H18BFN2O3/c1-12(2)13(3,4)20-14(19-12)9-6-8(15)7-17-10(9)11(18)16-5/h6-7H,1-5H3,(H,16,18). The van der Waals surface area contributed by atoms with Crippen molar-refractivity contribution in [2.45, 2.75) is 38.9 Å². The SMILES string of the molecule is CNC(=O)c1ncc(F)cc1B1OC(C)(C)C(C)(C)O1. The summed E-state index contributed by atoms with van der Waals surface area (Å²) in [5.41, 5.74) is -0.733. The molecule has 0 spiro atoms. The lowest BCUT2D eigenvalue weighted by molar-refractivity contribution is 0.00578. The Bertz CT molecular complexity index is 532. The van der Waals surface area contributed by atoms with Gasteiger partial charge in [0.05, 0.1) is 17.4 Å². The number of rotatable bonds is 2. The van der Waals surface area contributed by atoms with Gasteiger partial charge in [0.25, 0.3) is 5.91 Å². The molecule has 5 nitrogen and oxygen atoms in total. The highest BCUT2D eigenvalue weighted by atomic mass is 19.1. The second-order valence-corrected chi connectivity index (χ2v) is 5.76. The van der Waals surface area contributed by atoms with Crippen LogP contribution < -0.4 is 10.8 Å². The molecule has 1 aromatic heterocycles. The van der Waals surface area contributed by atoms with Gasteiger partial charge in [0.1, 0.15) is 11.5 Å². The predicted octanol–water partition coefficient (Wildman–Crippen LogP) is 0.879. The number of hydrogen-bond acceptors (Lipinski definition) is 4. The third-order valence-electron chi connectivity index (χ3n) is 3.83. The third kappa shape index (κ3) is 2.43. The van der Waals surface area contributed by atoms with E-state index in [1.165, 1.54) is 13.1 Å². The molecule has 0 bridgehead atoms. The summed E-state index contributed by atoms with van der Waals surface area (Å²) in [4.78, 5) is 15.7. The molecule has 1 fully saturated rings. The number of aromatic nitrogens is 1. The fourth-order valence-corrected chi connectivity index (χ4v) is 1.91. The molecule has 1 aliphatic heterocycles. The van der Waals surface area contributed by atoms with Gasteiger partial charge in [0.15, 0.2) is 0 Å². The number of carbonyl (C=O) groups is 1. The molecule has 0 saturated carbocycles. The van der Waals surface area contributed by atoms with Crippen molar-refractivity contribution in [3.8, 4) is 0 Å². The molecule has 1 saturated heterocycles. The van der Waals surface area contributed by atoms with Crippen LogP contribution >= 0.6 is 0 Å². The van der Waals surface area contributed by atoms with E-state index in [1.807, 2.05) is 27.7 Å². The Labute approximate surface area is 118 Å². The molecular weight excluding hydrogens is 262 g/mol. The summed E-state index contributed by atoms with van der Waals surface area (Å²) in [6.45, 7) is 7.55. The molecule has 2 heterocycles. The van der Waals surface area contributed by atoms with Crippen molar-refractivity contribution in [2.24, 2.45) is 0 Å². The van der Waals surface area contributed by atoms with Gasteiger partial charge < -0.3 is 14.6 Å². The van der Waals surface area contributed by atoms with Gasteiger partial charge in [0.2, 0.25) is 0 Å². The van der Waals surface area contributed by atoms with Crippen molar-refractivity contribution in [2.75, 3.05) is 7.05 Å². The van der Waals surface area contributed by atoms with Gasteiger partial charge in [-0.25, -0.2) is 9.37 Å². The molecule has 1 amide bonds. The van der Waals surface area contributed by atoms with Gasteiger partial charge in [-0.1, -0.05) is 0 Å². The minimum absolute atomic E-state index is 0.104. The normalized spacial score (nSPS) is 20.0. The van der Waals surface area contributed by atoms with Gasteiger partial charge in [-0.2, -0.15) is 0 Å². The lowest BCUT2D eigenvalue weighted by atomic mass is 9.77. The molecular formula is C13H18BFN2O3. The lowest BCUT2D eigenvalue weighted by Gasteiger charge is -2.32. The number of hydrogen-bond donors (Lipinski definition) is 1.